The Morgan fingerprint density at radius 3 is 2.31 bits per heavy atom. The molecule has 1 amide bonds. The molecule has 7 nitrogen and oxygen atoms in total. The van der Waals surface area contributed by atoms with Crippen LogP contribution in [-0.4, -0.2) is 46.8 Å². The Hall–Kier alpha value is -2.28. The van der Waals surface area contributed by atoms with Crippen molar-refractivity contribution in [2.75, 3.05) is 13.1 Å². The van der Waals surface area contributed by atoms with Gasteiger partial charge in [0.1, 0.15) is 17.1 Å². The van der Waals surface area contributed by atoms with Gasteiger partial charge in [-0.3, -0.25) is 4.79 Å². The molecule has 1 aromatic carbocycles. The van der Waals surface area contributed by atoms with Crippen molar-refractivity contribution < 1.29 is 24.5 Å². The van der Waals surface area contributed by atoms with Gasteiger partial charge in [-0.05, 0) is 87.8 Å². The summed E-state index contributed by atoms with van der Waals surface area (Å²) in [5.41, 5.74) is -0.191. The normalized spacial score (nSPS) is 29.8. The number of rotatable bonds is 7. The Morgan fingerprint density at radius 2 is 1.69 bits per heavy atom. The average molecular weight is 503 g/mol. The smallest absolute Gasteiger partial charge is 0.407 e. The zero-order valence-electron chi connectivity index (χ0n) is 23.1. The minimum absolute atomic E-state index is 0.00278. The lowest BCUT2D eigenvalue weighted by Gasteiger charge is -2.60. The van der Waals surface area contributed by atoms with E-state index < -0.39 is 11.7 Å². The van der Waals surface area contributed by atoms with Crippen LogP contribution in [0.25, 0.3) is 0 Å². The molecular formula is C29H46N2O5. The van der Waals surface area contributed by atoms with Gasteiger partial charge in [-0.2, -0.15) is 0 Å². The van der Waals surface area contributed by atoms with Crippen LogP contribution in [0.2, 0.25) is 0 Å². The van der Waals surface area contributed by atoms with Gasteiger partial charge in [0.25, 0.3) is 0 Å². The van der Waals surface area contributed by atoms with Crippen LogP contribution in [0.1, 0.15) is 90.9 Å². The molecule has 2 aliphatic carbocycles. The van der Waals surface area contributed by atoms with Crippen molar-refractivity contribution in [1.29, 1.82) is 0 Å². The summed E-state index contributed by atoms with van der Waals surface area (Å²) in [4.78, 5) is 25.9. The number of carbonyl (C=O) groups excluding carboxylic acids is 2. The molecule has 5 atom stereocenters. The molecule has 3 rings (SSSR count). The number of carbonyl (C=O) groups is 2. The van der Waals surface area contributed by atoms with E-state index in [1.54, 1.807) is 0 Å². The monoisotopic (exact) mass is 502 g/mol. The summed E-state index contributed by atoms with van der Waals surface area (Å²) in [6.07, 6.45) is 4.58. The lowest BCUT2D eigenvalue weighted by molar-refractivity contribution is -0.0914. The van der Waals surface area contributed by atoms with Gasteiger partial charge in [0.15, 0.2) is 5.78 Å². The Morgan fingerprint density at radius 1 is 1.06 bits per heavy atom. The van der Waals surface area contributed by atoms with Gasteiger partial charge in [-0.1, -0.05) is 34.1 Å². The van der Waals surface area contributed by atoms with Crippen LogP contribution in [0.4, 0.5) is 4.79 Å². The van der Waals surface area contributed by atoms with E-state index in [4.69, 9.17) is 4.74 Å². The molecule has 0 heterocycles. The highest BCUT2D eigenvalue weighted by Gasteiger charge is 2.58. The topological polar surface area (TPSA) is 108 Å². The fraction of sp³-hybridized carbons (Fsp3) is 0.724. The molecule has 5 unspecified atom stereocenters. The molecule has 0 radical (unpaired) electrons. The second-order valence-corrected chi connectivity index (χ2v) is 12.9. The minimum Gasteiger partial charge on any atom is -0.508 e. The van der Waals surface area contributed by atoms with Gasteiger partial charge in [-0.15, -0.1) is 0 Å². The van der Waals surface area contributed by atoms with Gasteiger partial charge in [0.05, 0.1) is 0 Å². The highest BCUT2D eigenvalue weighted by molar-refractivity contribution is 5.99. The Kier molecular flexibility index (Phi) is 8.33. The van der Waals surface area contributed by atoms with Crippen molar-refractivity contribution in [3.8, 4) is 11.5 Å². The Labute approximate surface area is 216 Å². The van der Waals surface area contributed by atoms with Crippen LogP contribution < -0.4 is 10.6 Å². The zero-order chi connectivity index (χ0) is 26.9. The van der Waals surface area contributed by atoms with E-state index in [1.807, 2.05) is 20.8 Å². The van der Waals surface area contributed by atoms with Crippen LogP contribution in [-0.2, 0) is 4.74 Å². The minimum atomic E-state index is -0.521. The van der Waals surface area contributed by atoms with Crippen LogP contribution in [0.15, 0.2) is 18.2 Å². The van der Waals surface area contributed by atoms with E-state index in [-0.39, 0.29) is 46.0 Å². The van der Waals surface area contributed by atoms with Crippen LogP contribution in [0, 0.1) is 28.6 Å². The van der Waals surface area contributed by atoms with E-state index in [9.17, 15) is 19.8 Å². The fourth-order valence-corrected chi connectivity index (χ4v) is 7.03. The number of Topliss-reactive ketones (excluding diaryl/α,β-unsaturated/α-hetero) is 1. The van der Waals surface area contributed by atoms with Gasteiger partial charge in [0, 0.05) is 30.1 Å². The van der Waals surface area contributed by atoms with E-state index in [0.29, 0.717) is 18.0 Å². The second-order valence-electron chi connectivity index (χ2n) is 12.9. The van der Waals surface area contributed by atoms with Crippen molar-refractivity contribution in [3.63, 3.8) is 0 Å². The molecule has 0 aromatic heterocycles. The number of ether oxygens (including phenoxy) is 1. The number of phenols is 2. The number of ketones is 1. The van der Waals surface area contributed by atoms with Crippen molar-refractivity contribution >= 4 is 11.9 Å². The van der Waals surface area contributed by atoms with Gasteiger partial charge >= 0.3 is 6.09 Å². The molecule has 4 N–H and O–H groups in total. The largest absolute Gasteiger partial charge is 0.508 e. The zero-order valence-corrected chi connectivity index (χ0v) is 23.1. The SMILES string of the molecule is CC1C(NCCCNC(=O)OC(C)(C)C)CC2C(C)(C)CCCC2(C)C1C(=O)c1cc(O)cc(O)c1. The molecule has 36 heavy (non-hydrogen) atoms. The number of benzene rings is 1. The summed E-state index contributed by atoms with van der Waals surface area (Å²) in [5, 5.41) is 26.6. The van der Waals surface area contributed by atoms with E-state index in [0.717, 1.165) is 38.6 Å². The number of aromatic hydroxyl groups is 2. The maximum Gasteiger partial charge on any atom is 0.407 e. The first kappa shape index (κ1) is 28.3. The van der Waals surface area contributed by atoms with E-state index in [2.05, 4.69) is 38.3 Å². The third-order valence-electron chi connectivity index (χ3n) is 8.53. The molecule has 7 heteroatoms. The first-order valence-corrected chi connectivity index (χ1v) is 13.4. The number of hydrogen-bond acceptors (Lipinski definition) is 6. The number of hydrogen-bond donors (Lipinski definition) is 4. The quantitative estimate of drug-likeness (QED) is 0.284. The number of nitrogens with one attached hydrogen (secondary N) is 2. The summed E-state index contributed by atoms with van der Waals surface area (Å²) in [6, 6.07) is 4.35. The second kappa shape index (κ2) is 10.6. The lowest BCUT2D eigenvalue weighted by atomic mass is 9.45. The van der Waals surface area contributed by atoms with Crippen molar-refractivity contribution in [3.05, 3.63) is 23.8 Å². The van der Waals surface area contributed by atoms with Gasteiger partial charge in [0.2, 0.25) is 0 Å². The molecule has 2 aliphatic rings. The summed E-state index contributed by atoms with van der Waals surface area (Å²) < 4.78 is 5.30. The summed E-state index contributed by atoms with van der Waals surface area (Å²) in [7, 11) is 0. The summed E-state index contributed by atoms with van der Waals surface area (Å²) >= 11 is 0. The standard InChI is InChI=1S/C29H46N2O5/c1-18-22(30-12-9-13-31-26(35)36-27(2,3)4)17-23-28(5,6)10-8-11-29(23,7)24(18)25(34)19-14-20(32)16-21(33)15-19/h14-16,18,22-24,30,32-33H,8-13,17H2,1-7H3,(H,31,35). The first-order chi connectivity index (χ1) is 16.6. The number of fused-ring (bicyclic) bond motifs is 1. The lowest BCUT2D eigenvalue weighted by Crippen LogP contribution is -2.60. The molecule has 2 saturated carbocycles. The molecular weight excluding hydrogens is 456 g/mol. The molecule has 0 bridgehead atoms. The van der Waals surface area contributed by atoms with Gasteiger partial charge < -0.3 is 25.6 Å². The fourth-order valence-electron chi connectivity index (χ4n) is 7.03. The number of amides is 1. The summed E-state index contributed by atoms with van der Waals surface area (Å²) in [6.45, 7) is 15.9. The van der Waals surface area contributed by atoms with Crippen LogP contribution >= 0.6 is 0 Å². The first-order valence-electron chi connectivity index (χ1n) is 13.4. The molecule has 1 aromatic rings. The van der Waals surface area contributed by atoms with E-state index in [1.165, 1.54) is 18.2 Å². The Balaban J connectivity index is 1.75. The third kappa shape index (κ3) is 6.34. The highest BCUT2D eigenvalue weighted by atomic mass is 16.6. The van der Waals surface area contributed by atoms with Crippen LogP contribution in [0.5, 0.6) is 11.5 Å². The van der Waals surface area contributed by atoms with Crippen LogP contribution in [0.3, 0.4) is 0 Å². The Bertz CT molecular complexity index is 933. The number of alkyl carbamates (subject to hydrolysis) is 1. The summed E-state index contributed by atoms with van der Waals surface area (Å²) in [5.74, 6) is 0.0221. The van der Waals surface area contributed by atoms with Crippen molar-refractivity contribution in [2.24, 2.45) is 28.6 Å². The van der Waals surface area contributed by atoms with Crippen molar-refractivity contribution in [2.45, 2.75) is 92.2 Å². The predicted octanol–water partition coefficient (Wildman–Crippen LogP) is 5.64. The molecule has 202 valence electrons. The maximum atomic E-state index is 14.0. The average Bonchev–Trinajstić information content (AvgIpc) is 2.71. The molecule has 0 saturated heterocycles. The third-order valence-corrected chi connectivity index (χ3v) is 8.53. The maximum absolute atomic E-state index is 14.0. The number of phenolic OH excluding ortho intramolecular Hbond substituents is 2. The predicted molar refractivity (Wildman–Crippen MR) is 141 cm³/mol. The molecule has 2 fully saturated rings. The molecule has 0 spiro atoms. The molecule has 0 aliphatic heterocycles. The van der Waals surface area contributed by atoms with Gasteiger partial charge in [-0.25, -0.2) is 4.79 Å². The highest BCUT2D eigenvalue weighted by Crippen LogP contribution is 2.61. The van der Waals surface area contributed by atoms with E-state index >= 15 is 0 Å². The van der Waals surface area contributed by atoms with Crippen molar-refractivity contribution in [1.82, 2.24) is 10.6 Å².